The molecule has 5 nitrogen and oxygen atoms in total. The maximum atomic E-state index is 12.7. The Morgan fingerprint density at radius 3 is 2.79 bits per heavy atom. The van der Waals surface area contributed by atoms with Crippen LogP contribution in [-0.4, -0.2) is 15.4 Å². The molecular formula is C22H15ClN2O3. The van der Waals surface area contributed by atoms with Crippen LogP contribution in [0.4, 0.5) is 0 Å². The van der Waals surface area contributed by atoms with Gasteiger partial charge >= 0.3 is 5.97 Å². The van der Waals surface area contributed by atoms with Crippen LogP contribution in [0.15, 0.2) is 59.5 Å². The van der Waals surface area contributed by atoms with Crippen LogP contribution in [0.2, 0.25) is 5.02 Å². The van der Waals surface area contributed by atoms with Gasteiger partial charge in [-0.1, -0.05) is 35.9 Å². The second-order valence-corrected chi connectivity index (χ2v) is 7.29. The van der Waals surface area contributed by atoms with Crippen molar-refractivity contribution in [3.8, 4) is 0 Å². The van der Waals surface area contributed by atoms with E-state index in [0.717, 1.165) is 23.6 Å². The largest absolute Gasteiger partial charge is 0.456 e. The number of hydrogen-bond acceptors (Lipinski definition) is 4. The Morgan fingerprint density at radius 1 is 1.11 bits per heavy atom. The maximum Gasteiger partial charge on any atom is 0.339 e. The molecule has 0 N–H and O–H groups in total. The number of esters is 1. The third-order valence-corrected chi connectivity index (χ3v) is 5.35. The highest BCUT2D eigenvalue weighted by atomic mass is 35.5. The van der Waals surface area contributed by atoms with E-state index in [9.17, 15) is 9.59 Å². The summed E-state index contributed by atoms with van der Waals surface area (Å²) in [6.07, 6.45) is 3.51. The van der Waals surface area contributed by atoms with Crippen molar-refractivity contribution in [3.05, 3.63) is 92.5 Å². The Balaban J connectivity index is 1.45. The quantitative estimate of drug-likeness (QED) is 0.497. The van der Waals surface area contributed by atoms with Gasteiger partial charge in [-0.3, -0.25) is 9.20 Å². The van der Waals surface area contributed by atoms with Crippen molar-refractivity contribution in [1.82, 2.24) is 9.38 Å². The van der Waals surface area contributed by atoms with Crippen molar-refractivity contribution in [1.29, 1.82) is 0 Å². The zero-order valence-corrected chi connectivity index (χ0v) is 15.6. The van der Waals surface area contributed by atoms with E-state index in [4.69, 9.17) is 16.3 Å². The highest BCUT2D eigenvalue weighted by Gasteiger charge is 2.19. The zero-order valence-electron chi connectivity index (χ0n) is 14.8. The van der Waals surface area contributed by atoms with Gasteiger partial charge in [-0.25, -0.2) is 9.78 Å². The van der Waals surface area contributed by atoms with Gasteiger partial charge in [-0.05, 0) is 52.9 Å². The van der Waals surface area contributed by atoms with Crippen LogP contribution in [0.3, 0.4) is 0 Å². The van der Waals surface area contributed by atoms with Gasteiger partial charge < -0.3 is 4.74 Å². The fourth-order valence-electron chi connectivity index (χ4n) is 3.84. The molecule has 0 fully saturated rings. The maximum absolute atomic E-state index is 12.7. The zero-order chi connectivity index (χ0) is 19.3. The summed E-state index contributed by atoms with van der Waals surface area (Å²) < 4.78 is 6.83. The molecule has 0 unspecified atom stereocenters. The summed E-state index contributed by atoms with van der Waals surface area (Å²) in [5.74, 6) is -0.422. The summed E-state index contributed by atoms with van der Waals surface area (Å²) in [5, 5.41) is 2.53. The molecule has 0 bridgehead atoms. The monoisotopic (exact) mass is 390 g/mol. The summed E-state index contributed by atoms with van der Waals surface area (Å²) >= 11 is 5.92. The molecule has 0 atom stereocenters. The van der Waals surface area contributed by atoms with Gasteiger partial charge in [-0.15, -0.1) is 0 Å². The lowest BCUT2D eigenvalue weighted by molar-refractivity contribution is 0.0470. The predicted molar refractivity (Wildman–Crippen MR) is 107 cm³/mol. The molecule has 1 aliphatic carbocycles. The Bertz CT molecular complexity index is 1320. The number of pyridine rings is 1. The first-order valence-electron chi connectivity index (χ1n) is 8.98. The summed E-state index contributed by atoms with van der Waals surface area (Å²) in [6, 6.07) is 14.5. The molecule has 0 saturated heterocycles. The van der Waals surface area contributed by atoms with E-state index in [1.807, 2.05) is 24.3 Å². The van der Waals surface area contributed by atoms with Gasteiger partial charge in [0.15, 0.2) is 0 Å². The SMILES string of the molecule is O=C(OCc1cc(=O)n2cc(Cl)ccc2n1)c1ccc2c3c(cccc13)CC2. The molecular weight excluding hydrogens is 376 g/mol. The molecule has 2 aromatic heterocycles. The Hall–Kier alpha value is -3.18. The number of nitrogens with zero attached hydrogens (tertiary/aromatic N) is 2. The summed E-state index contributed by atoms with van der Waals surface area (Å²) in [7, 11) is 0. The van der Waals surface area contributed by atoms with Crippen LogP contribution < -0.4 is 5.56 Å². The van der Waals surface area contributed by atoms with E-state index >= 15 is 0 Å². The van der Waals surface area contributed by atoms with Gasteiger partial charge in [0, 0.05) is 12.3 Å². The number of ether oxygens (including phenoxy) is 1. The third-order valence-electron chi connectivity index (χ3n) is 5.12. The van der Waals surface area contributed by atoms with Crippen LogP contribution in [0.25, 0.3) is 16.4 Å². The number of carbonyl (C=O) groups excluding carboxylic acids is 1. The number of hydrogen-bond donors (Lipinski definition) is 0. The smallest absolute Gasteiger partial charge is 0.339 e. The van der Waals surface area contributed by atoms with Gasteiger partial charge in [0.2, 0.25) is 0 Å². The number of aryl methyl sites for hydroxylation is 2. The first kappa shape index (κ1) is 17.0. The van der Waals surface area contributed by atoms with Gasteiger partial charge in [-0.2, -0.15) is 0 Å². The van der Waals surface area contributed by atoms with Gasteiger partial charge in [0.1, 0.15) is 12.3 Å². The van der Waals surface area contributed by atoms with Crippen LogP contribution >= 0.6 is 11.6 Å². The standard InChI is InChI=1S/C22H15ClN2O3/c23-15-7-9-19-24-16(10-20(26)25(19)11-15)12-28-22(27)18-8-6-14-5-4-13-2-1-3-17(18)21(13)14/h1-3,6-11H,4-5,12H2. The topological polar surface area (TPSA) is 60.7 Å². The van der Waals surface area contributed by atoms with Crippen molar-refractivity contribution >= 4 is 34.0 Å². The summed E-state index contributed by atoms with van der Waals surface area (Å²) in [4.78, 5) is 29.3. The van der Waals surface area contributed by atoms with E-state index in [-0.39, 0.29) is 12.2 Å². The van der Waals surface area contributed by atoms with Gasteiger partial charge in [0.05, 0.1) is 16.3 Å². The van der Waals surface area contributed by atoms with Crippen molar-refractivity contribution in [2.75, 3.05) is 0 Å². The Kier molecular flexibility index (Phi) is 3.91. The first-order valence-corrected chi connectivity index (χ1v) is 9.36. The van der Waals surface area contributed by atoms with E-state index in [2.05, 4.69) is 11.1 Å². The molecule has 0 amide bonds. The van der Waals surface area contributed by atoms with E-state index in [1.54, 1.807) is 12.1 Å². The second-order valence-electron chi connectivity index (χ2n) is 6.85. The lowest BCUT2D eigenvalue weighted by Crippen LogP contribution is -2.16. The Morgan fingerprint density at radius 2 is 1.93 bits per heavy atom. The van der Waals surface area contributed by atoms with Crippen molar-refractivity contribution in [3.63, 3.8) is 0 Å². The second kappa shape index (κ2) is 6.46. The molecule has 138 valence electrons. The molecule has 6 heteroatoms. The summed E-state index contributed by atoms with van der Waals surface area (Å²) in [5.41, 5.74) is 3.64. The molecule has 5 rings (SSSR count). The molecule has 0 aliphatic heterocycles. The fourth-order valence-corrected chi connectivity index (χ4v) is 4.00. The number of rotatable bonds is 3. The molecule has 1 aliphatic rings. The minimum Gasteiger partial charge on any atom is -0.456 e. The minimum absolute atomic E-state index is 0.0733. The van der Waals surface area contributed by atoms with Crippen LogP contribution in [0.5, 0.6) is 0 Å². The normalized spacial score (nSPS) is 12.6. The van der Waals surface area contributed by atoms with E-state index in [0.29, 0.717) is 21.9 Å². The number of fused-ring (bicyclic) bond motifs is 1. The molecule has 4 aromatic rings. The van der Waals surface area contributed by atoms with E-state index < -0.39 is 5.97 Å². The van der Waals surface area contributed by atoms with Crippen molar-refractivity contribution in [2.45, 2.75) is 19.4 Å². The fraction of sp³-hybridized carbons (Fsp3) is 0.136. The highest BCUT2D eigenvalue weighted by molar-refractivity contribution is 6.30. The lowest BCUT2D eigenvalue weighted by Gasteiger charge is -2.09. The average molecular weight is 391 g/mol. The number of halogens is 1. The van der Waals surface area contributed by atoms with Gasteiger partial charge in [0.25, 0.3) is 5.56 Å². The van der Waals surface area contributed by atoms with Crippen molar-refractivity contribution < 1.29 is 9.53 Å². The van der Waals surface area contributed by atoms with Crippen LogP contribution in [0.1, 0.15) is 27.2 Å². The molecule has 0 spiro atoms. The lowest BCUT2D eigenvalue weighted by atomic mass is 10.00. The minimum atomic E-state index is -0.422. The van der Waals surface area contributed by atoms with E-state index in [1.165, 1.54) is 27.8 Å². The van der Waals surface area contributed by atoms with Crippen LogP contribution in [-0.2, 0) is 24.2 Å². The number of carbonyl (C=O) groups is 1. The molecule has 2 aromatic carbocycles. The average Bonchev–Trinajstić information content (AvgIpc) is 3.12. The Labute approximate surface area is 165 Å². The molecule has 2 heterocycles. The summed E-state index contributed by atoms with van der Waals surface area (Å²) in [6.45, 7) is -0.0733. The molecule has 28 heavy (non-hydrogen) atoms. The first-order chi connectivity index (χ1) is 13.6. The molecule has 0 radical (unpaired) electrons. The van der Waals surface area contributed by atoms with Crippen LogP contribution in [0, 0.1) is 0 Å². The predicted octanol–water partition coefficient (Wildman–Crippen LogP) is 3.96. The number of aromatic nitrogens is 2. The molecule has 0 saturated carbocycles. The number of benzene rings is 2. The van der Waals surface area contributed by atoms with Crippen molar-refractivity contribution in [2.24, 2.45) is 0 Å². The highest BCUT2D eigenvalue weighted by Crippen LogP contribution is 2.33. The third kappa shape index (κ3) is 2.75.